The van der Waals surface area contributed by atoms with Crippen LogP contribution >= 0.6 is 0 Å². The number of rotatable bonds is 7. The van der Waals surface area contributed by atoms with Gasteiger partial charge in [0, 0.05) is 0 Å². The van der Waals surface area contributed by atoms with Crippen LogP contribution in [0.25, 0.3) is 0 Å². The average Bonchev–Trinajstić information content (AvgIpc) is 2.35. The monoisotopic (exact) mass is 348 g/mol. The van der Waals surface area contributed by atoms with E-state index in [1.165, 1.54) is 0 Å². The van der Waals surface area contributed by atoms with Gasteiger partial charge >= 0.3 is 134 Å². The molecule has 0 heterocycles. The van der Waals surface area contributed by atoms with E-state index in [0.717, 1.165) is 0 Å². The van der Waals surface area contributed by atoms with E-state index >= 15 is 0 Å². The summed E-state index contributed by atoms with van der Waals surface area (Å²) in [7, 11) is -2.36. The summed E-state index contributed by atoms with van der Waals surface area (Å²) in [5, 5.41) is 0. The predicted octanol–water partition coefficient (Wildman–Crippen LogP) is 4.06. The number of hydrogen-bond acceptors (Lipinski definition) is 4. The van der Waals surface area contributed by atoms with Gasteiger partial charge in [0.1, 0.15) is 0 Å². The molecule has 0 bridgehead atoms. The molecule has 0 aliphatic rings. The zero-order valence-electron chi connectivity index (χ0n) is 13.8. The molecule has 0 saturated carbocycles. The summed E-state index contributed by atoms with van der Waals surface area (Å²) in [4.78, 5) is 0. The van der Waals surface area contributed by atoms with Crippen LogP contribution in [-0.4, -0.2) is 15.7 Å². The molecule has 1 aromatic rings. The fourth-order valence-electron chi connectivity index (χ4n) is 3.25. The second-order valence-corrected chi connectivity index (χ2v) is 14.7. The quantitative estimate of drug-likeness (QED) is 0.730. The second-order valence-electron chi connectivity index (χ2n) is 6.38. The molecular weight excluding hydrogens is 320 g/mol. The van der Waals surface area contributed by atoms with Crippen molar-refractivity contribution in [2.24, 2.45) is 0 Å². The van der Waals surface area contributed by atoms with Crippen LogP contribution in [0.15, 0.2) is 30.3 Å². The molecule has 0 amide bonds. The zero-order chi connectivity index (χ0) is 16.3. The molecule has 0 aliphatic carbocycles. The van der Waals surface area contributed by atoms with Gasteiger partial charge in [-0.3, -0.25) is 0 Å². The van der Waals surface area contributed by atoms with Gasteiger partial charge in [0.25, 0.3) is 0 Å². The molecule has 0 fully saturated rings. The molecule has 21 heavy (non-hydrogen) atoms. The van der Waals surface area contributed by atoms with Gasteiger partial charge in [-0.2, -0.15) is 0 Å². The minimum atomic E-state index is -4.77. The molecular formula is C15H28O4SiTi. The molecule has 0 atom stereocenters. The van der Waals surface area contributed by atoms with Gasteiger partial charge in [-0.15, -0.1) is 0 Å². The third-order valence-corrected chi connectivity index (χ3v) is 13.7. The summed E-state index contributed by atoms with van der Waals surface area (Å²) in [6.07, 6.45) is 0. The summed E-state index contributed by atoms with van der Waals surface area (Å²) >= 11 is -4.77. The van der Waals surface area contributed by atoms with Crippen molar-refractivity contribution in [2.75, 3.05) is 0 Å². The molecule has 0 spiro atoms. The third kappa shape index (κ3) is 4.65. The Hall–Kier alpha value is -0.169. The third-order valence-electron chi connectivity index (χ3n) is 4.01. The maximum absolute atomic E-state index is 10.4. The van der Waals surface area contributed by atoms with Crippen LogP contribution in [-0.2, 0) is 21.1 Å². The van der Waals surface area contributed by atoms with Crippen LogP contribution in [0.1, 0.15) is 41.5 Å². The van der Waals surface area contributed by atoms with Gasteiger partial charge in [-0.05, 0) is 0 Å². The van der Waals surface area contributed by atoms with Crippen LogP contribution < -0.4 is 3.32 Å². The molecule has 4 nitrogen and oxygen atoms in total. The Balaban J connectivity index is 3.01. The molecule has 1 aromatic carbocycles. The van der Waals surface area contributed by atoms with Gasteiger partial charge in [0.2, 0.25) is 0 Å². The van der Waals surface area contributed by atoms with Crippen LogP contribution in [0.3, 0.4) is 0 Å². The summed E-state index contributed by atoms with van der Waals surface area (Å²) in [5.41, 5.74) is 0.837. The van der Waals surface area contributed by atoms with Gasteiger partial charge in [-0.25, -0.2) is 0 Å². The van der Waals surface area contributed by atoms with Crippen LogP contribution in [0.4, 0.5) is 0 Å². The molecule has 120 valence electrons. The van der Waals surface area contributed by atoms with E-state index in [-0.39, 0.29) is 16.6 Å². The first-order valence-electron chi connectivity index (χ1n) is 7.50. The van der Waals surface area contributed by atoms with E-state index in [0.29, 0.717) is 5.75 Å². The Kier molecular flexibility index (Phi) is 6.65. The van der Waals surface area contributed by atoms with E-state index < -0.39 is 26.5 Å². The molecule has 0 radical (unpaired) electrons. The normalized spacial score (nSPS) is 13.3. The maximum atomic E-state index is 10.4. The van der Waals surface area contributed by atoms with E-state index in [4.69, 9.17) is 6.33 Å². The van der Waals surface area contributed by atoms with E-state index in [1.807, 2.05) is 6.07 Å². The van der Waals surface area contributed by atoms with E-state index in [9.17, 15) is 7.38 Å². The first-order valence-corrected chi connectivity index (χ1v) is 12.3. The van der Waals surface area contributed by atoms with Gasteiger partial charge in [-0.1, -0.05) is 0 Å². The molecule has 1 rings (SSSR count). The molecule has 2 N–H and O–H groups in total. The molecule has 0 saturated heterocycles. The zero-order valence-corrected chi connectivity index (χ0v) is 16.4. The first-order chi connectivity index (χ1) is 9.62. The number of para-hydroxylation sites is 1. The number of hydrogen-bond donors (Lipinski definition) is 2. The van der Waals surface area contributed by atoms with Crippen molar-refractivity contribution in [2.45, 2.75) is 58.2 Å². The molecule has 0 aliphatic heterocycles. The van der Waals surface area contributed by atoms with Crippen molar-refractivity contribution in [3.05, 3.63) is 30.3 Å². The van der Waals surface area contributed by atoms with Crippen LogP contribution in [0, 0.1) is 0 Å². The van der Waals surface area contributed by atoms with Crippen LogP contribution in [0.5, 0.6) is 5.75 Å². The minimum absolute atomic E-state index is 0.279. The van der Waals surface area contributed by atoms with Crippen molar-refractivity contribution < 1.29 is 31.8 Å². The Labute approximate surface area is 134 Å². The van der Waals surface area contributed by atoms with Gasteiger partial charge < -0.3 is 0 Å². The average molecular weight is 348 g/mol. The van der Waals surface area contributed by atoms with Crippen molar-refractivity contribution in [1.82, 2.24) is 0 Å². The van der Waals surface area contributed by atoms with E-state index in [1.54, 1.807) is 24.3 Å². The van der Waals surface area contributed by atoms with Crippen molar-refractivity contribution in [1.29, 1.82) is 0 Å². The topological polar surface area (TPSA) is 58.9 Å². The predicted molar refractivity (Wildman–Crippen MR) is 83.6 cm³/mol. The van der Waals surface area contributed by atoms with E-state index in [2.05, 4.69) is 41.5 Å². The van der Waals surface area contributed by atoms with Crippen molar-refractivity contribution >= 4 is 8.32 Å². The Bertz CT molecular complexity index is 413. The summed E-state index contributed by atoms with van der Waals surface area (Å²) < 4.78 is 32.2. The molecule has 0 aromatic heterocycles. The first kappa shape index (κ1) is 18.9. The Morgan fingerprint density at radius 1 is 0.857 bits per heavy atom. The van der Waals surface area contributed by atoms with Crippen molar-refractivity contribution in [3.8, 4) is 5.75 Å². The number of benzene rings is 1. The Morgan fingerprint density at radius 2 is 1.29 bits per heavy atom. The fourth-order valence-corrected chi connectivity index (χ4v) is 14.8. The van der Waals surface area contributed by atoms with Crippen LogP contribution in [0.2, 0.25) is 16.6 Å². The summed E-state index contributed by atoms with van der Waals surface area (Å²) in [6, 6.07) is 8.86. The SMILES string of the molecule is CC(C)[Si]([O][Ti]([OH])([OH])[O]c1ccccc1)(C(C)C)C(C)C. The van der Waals surface area contributed by atoms with Crippen molar-refractivity contribution in [3.63, 3.8) is 0 Å². The molecule has 0 unspecified atom stereocenters. The second kappa shape index (κ2) is 7.40. The summed E-state index contributed by atoms with van der Waals surface area (Å²) in [5.74, 6) is 0.446. The van der Waals surface area contributed by atoms with Gasteiger partial charge in [0.05, 0.1) is 0 Å². The van der Waals surface area contributed by atoms with Gasteiger partial charge in [0.15, 0.2) is 0 Å². The summed E-state index contributed by atoms with van der Waals surface area (Å²) in [6.45, 7) is 12.6. The molecule has 6 heteroatoms. The standard InChI is InChI=1S/C9H21OSi.C6H6O.2H2O.Ti/c1-7(2)11(10,8(3)4)9(5)6;7-6-4-2-1-3-5-6;;;/h7-9H,1-6H3;1-5,7H;2*1H2;/q-1;;;;+4/p-3. The fraction of sp³-hybridized carbons (Fsp3) is 0.600. The Morgan fingerprint density at radius 3 is 1.67 bits per heavy atom.